The number of benzene rings is 2. The molecule has 2 aromatic carbocycles. The van der Waals surface area contributed by atoms with E-state index in [0.29, 0.717) is 27.1 Å². The molecule has 0 bridgehead atoms. The minimum absolute atomic E-state index is 0.327. The Morgan fingerprint density at radius 2 is 1.77 bits per heavy atom. The highest BCUT2D eigenvalue weighted by Gasteiger charge is 2.25. The van der Waals surface area contributed by atoms with Gasteiger partial charge >= 0.3 is 5.97 Å². The molecular weight excluding hydrogens is 432 g/mol. The number of hydrogen-bond donors (Lipinski definition) is 1. The number of aryl methyl sites for hydroxylation is 1. The smallest absolute Gasteiger partial charge is 0.341 e. The maximum atomic E-state index is 12.9. The topological polar surface area (TPSA) is 77.5 Å². The van der Waals surface area contributed by atoms with E-state index in [1.54, 1.807) is 30.5 Å². The zero-order valence-corrected chi connectivity index (χ0v) is 18.4. The molecule has 8 heteroatoms. The molecule has 6 nitrogen and oxygen atoms in total. The zero-order valence-electron chi connectivity index (χ0n) is 16.7. The lowest BCUT2D eigenvalue weighted by molar-refractivity contribution is 0.0603. The van der Waals surface area contributed by atoms with Crippen molar-refractivity contribution in [1.29, 1.82) is 0 Å². The lowest BCUT2D eigenvalue weighted by Crippen LogP contribution is -2.14. The fraction of sp³-hybridized carbons (Fsp3) is 0.0870. The summed E-state index contributed by atoms with van der Waals surface area (Å²) in [5, 5.41) is 5.67. The van der Waals surface area contributed by atoms with Gasteiger partial charge in [0.05, 0.1) is 7.11 Å². The molecule has 1 N–H and O–H groups in total. The second-order valence-corrected chi connectivity index (χ2v) is 8.56. The number of thiophene rings is 1. The van der Waals surface area contributed by atoms with Crippen molar-refractivity contribution in [3.63, 3.8) is 0 Å². The summed E-state index contributed by atoms with van der Waals surface area (Å²) < 4.78 is 10.6. The summed E-state index contributed by atoms with van der Waals surface area (Å²) >= 11 is 2.73. The Morgan fingerprint density at radius 3 is 2.42 bits per heavy atom. The monoisotopic (exact) mass is 450 g/mol. The van der Waals surface area contributed by atoms with Crippen molar-refractivity contribution in [2.75, 3.05) is 12.4 Å². The van der Waals surface area contributed by atoms with E-state index in [1.165, 1.54) is 29.8 Å². The minimum Gasteiger partial charge on any atom is -0.465 e. The molecule has 0 atom stereocenters. The summed E-state index contributed by atoms with van der Waals surface area (Å²) in [6, 6.07) is 16.3. The van der Waals surface area contributed by atoms with E-state index in [4.69, 9.17) is 9.47 Å². The van der Waals surface area contributed by atoms with Gasteiger partial charge in [-0.2, -0.15) is 0 Å². The van der Waals surface area contributed by atoms with E-state index in [-0.39, 0.29) is 5.91 Å². The molecule has 0 saturated heterocycles. The van der Waals surface area contributed by atoms with Gasteiger partial charge in [0, 0.05) is 27.6 Å². The number of methoxy groups -OCH3 is 1. The molecule has 0 spiro atoms. The van der Waals surface area contributed by atoms with Crippen molar-refractivity contribution in [3.05, 3.63) is 82.2 Å². The van der Waals surface area contributed by atoms with E-state index >= 15 is 0 Å². The summed E-state index contributed by atoms with van der Waals surface area (Å²) in [4.78, 5) is 30.4. The Hall–Kier alpha value is -3.49. The van der Waals surface area contributed by atoms with Gasteiger partial charge in [0.25, 0.3) is 11.1 Å². The third-order valence-electron chi connectivity index (χ3n) is 4.49. The van der Waals surface area contributed by atoms with Gasteiger partial charge in [-0.15, -0.1) is 11.3 Å². The number of nitrogens with one attached hydrogen (secondary N) is 1. The summed E-state index contributed by atoms with van der Waals surface area (Å²) in [5.41, 5.74) is 2.45. The summed E-state index contributed by atoms with van der Waals surface area (Å²) in [6.45, 7) is 1.92. The van der Waals surface area contributed by atoms with Crippen LogP contribution in [0.4, 0.5) is 5.00 Å². The molecule has 0 aliphatic rings. The Labute approximate surface area is 187 Å². The van der Waals surface area contributed by atoms with Crippen molar-refractivity contribution in [2.24, 2.45) is 0 Å². The molecular formula is C23H18N2O4S2. The molecule has 0 aliphatic carbocycles. The maximum Gasteiger partial charge on any atom is 0.341 e. The lowest BCUT2D eigenvalue weighted by Gasteiger charge is -2.09. The first-order valence-corrected chi connectivity index (χ1v) is 11.0. The first-order chi connectivity index (χ1) is 15.1. The number of carbonyl (C=O) groups is 2. The van der Waals surface area contributed by atoms with Crippen molar-refractivity contribution in [1.82, 2.24) is 4.98 Å². The van der Waals surface area contributed by atoms with Crippen LogP contribution in [0.15, 0.2) is 66.2 Å². The lowest BCUT2D eigenvalue weighted by atomic mass is 10.0. The molecule has 4 aromatic rings. The molecule has 2 heterocycles. The van der Waals surface area contributed by atoms with Crippen molar-refractivity contribution >= 4 is 39.6 Å². The molecule has 31 heavy (non-hydrogen) atoms. The largest absolute Gasteiger partial charge is 0.465 e. The van der Waals surface area contributed by atoms with E-state index in [0.717, 1.165) is 16.0 Å². The Bertz CT molecular complexity index is 1200. The predicted octanol–water partition coefficient (Wildman–Crippen LogP) is 6.01. The third-order valence-corrected chi connectivity index (χ3v) is 6.16. The van der Waals surface area contributed by atoms with Crippen LogP contribution in [0.2, 0.25) is 0 Å². The molecule has 0 unspecified atom stereocenters. The van der Waals surface area contributed by atoms with Crippen LogP contribution in [0.3, 0.4) is 0 Å². The number of ether oxygens (including phenoxy) is 2. The van der Waals surface area contributed by atoms with Crippen LogP contribution in [0, 0.1) is 6.92 Å². The van der Waals surface area contributed by atoms with Gasteiger partial charge in [-0.25, -0.2) is 9.78 Å². The molecule has 4 rings (SSSR count). The highest BCUT2D eigenvalue weighted by molar-refractivity contribution is 7.17. The number of esters is 1. The quantitative estimate of drug-likeness (QED) is 0.364. The second-order valence-electron chi connectivity index (χ2n) is 6.47. The predicted molar refractivity (Wildman–Crippen MR) is 122 cm³/mol. The first kappa shape index (κ1) is 20.8. The average molecular weight is 451 g/mol. The van der Waals surface area contributed by atoms with E-state index in [9.17, 15) is 9.59 Å². The van der Waals surface area contributed by atoms with Gasteiger partial charge in [0.2, 0.25) is 0 Å². The molecule has 1 amide bonds. The Balaban J connectivity index is 1.60. The van der Waals surface area contributed by atoms with Gasteiger partial charge < -0.3 is 14.8 Å². The van der Waals surface area contributed by atoms with E-state index in [1.807, 2.05) is 42.6 Å². The van der Waals surface area contributed by atoms with Crippen LogP contribution in [0.5, 0.6) is 10.9 Å². The fourth-order valence-corrected chi connectivity index (χ4v) is 4.66. The summed E-state index contributed by atoms with van der Waals surface area (Å²) in [7, 11) is 1.33. The van der Waals surface area contributed by atoms with Crippen LogP contribution in [-0.4, -0.2) is 24.0 Å². The van der Waals surface area contributed by atoms with Crippen molar-refractivity contribution in [2.45, 2.75) is 6.92 Å². The summed E-state index contributed by atoms with van der Waals surface area (Å²) in [5.74, 6) is -0.238. The minimum atomic E-state index is -0.495. The Kier molecular flexibility index (Phi) is 6.11. The molecule has 0 fully saturated rings. The van der Waals surface area contributed by atoms with Crippen molar-refractivity contribution < 1.29 is 19.1 Å². The SMILES string of the molecule is COC(=O)c1c(NC(=O)c2ccc(Oc3nccs3)cc2)sc(C)c1-c1ccccc1. The van der Waals surface area contributed by atoms with Crippen LogP contribution < -0.4 is 10.1 Å². The maximum absolute atomic E-state index is 12.9. The third kappa shape index (κ3) is 4.50. The summed E-state index contributed by atoms with van der Waals surface area (Å²) in [6.07, 6.45) is 1.66. The van der Waals surface area contributed by atoms with Gasteiger partial charge in [0.1, 0.15) is 16.3 Å². The number of amides is 1. The van der Waals surface area contributed by atoms with E-state index in [2.05, 4.69) is 10.3 Å². The standard InChI is InChI=1S/C23H18N2O4S2/c1-14-18(15-6-4-3-5-7-15)19(22(27)28-2)21(31-14)25-20(26)16-8-10-17(11-9-16)29-23-24-12-13-30-23/h3-13H,1-2H3,(H,25,26). The average Bonchev–Trinajstić information content (AvgIpc) is 3.41. The first-order valence-electron chi connectivity index (χ1n) is 9.32. The number of nitrogens with zero attached hydrogens (tertiary/aromatic N) is 1. The number of carbonyl (C=O) groups excluding carboxylic acids is 2. The van der Waals surface area contributed by atoms with Crippen LogP contribution >= 0.6 is 22.7 Å². The van der Waals surface area contributed by atoms with Gasteiger partial charge in [-0.3, -0.25) is 4.79 Å². The number of anilines is 1. The molecule has 2 aromatic heterocycles. The van der Waals surface area contributed by atoms with Crippen LogP contribution in [0.1, 0.15) is 25.6 Å². The van der Waals surface area contributed by atoms with Gasteiger partial charge in [-0.1, -0.05) is 41.7 Å². The number of rotatable bonds is 6. The fourth-order valence-electron chi connectivity index (χ4n) is 3.09. The number of aromatic nitrogens is 1. The van der Waals surface area contributed by atoms with Crippen molar-refractivity contribution in [3.8, 4) is 22.1 Å². The van der Waals surface area contributed by atoms with Crippen LogP contribution in [0.25, 0.3) is 11.1 Å². The molecule has 0 radical (unpaired) electrons. The number of thiazole rings is 1. The molecule has 156 valence electrons. The molecule has 0 aliphatic heterocycles. The zero-order chi connectivity index (χ0) is 21.8. The highest BCUT2D eigenvalue weighted by atomic mass is 32.1. The second kappa shape index (κ2) is 9.11. The van der Waals surface area contributed by atoms with Gasteiger partial charge in [0.15, 0.2) is 0 Å². The van der Waals surface area contributed by atoms with Gasteiger partial charge in [-0.05, 0) is 36.8 Å². The number of hydrogen-bond acceptors (Lipinski definition) is 7. The molecule has 0 saturated carbocycles. The normalized spacial score (nSPS) is 10.5. The Morgan fingerprint density at radius 1 is 1.03 bits per heavy atom. The highest BCUT2D eigenvalue weighted by Crippen LogP contribution is 2.40. The van der Waals surface area contributed by atoms with E-state index < -0.39 is 5.97 Å². The van der Waals surface area contributed by atoms with Crippen LogP contribution in [-0.2, 0) is 4.74 Å².